The molecule has 1 atom stereocenters. The zero-order chi connectivity index (χ0) is 38.2. The van der Waals surface area contributed by atoms with Gasteiger partial charge in [0.25, 0.3) is 0 Å². The largest absolute Gasteiger partial charge is 0.456 e. The first-order valence-corrected chi connectivity index (χ1v) is 19.9. The molecule has 4 nitrogen and oxygen atoms in total. The number of para-hydroxylation sites is 5. The number of nitrogens with zero attached hydrogens (tertiary/aromatic N) is 2. The van der Waals surface area contributed by atoms with Gasteiger partial charge in [0.05, 0.1) is 17.1 Å². The summed E-state index contributed by atoms with van der Waals surface area (Å²) in [6.07, 6.45) is 7.90. The highest BCUT2D eigenvalue weighted by molar-refractivity contribution is 6.12. The van der Waals surface area contributed by atoms with E-state index in [-0.39, 0.29) is 6.04 Å². The number of hydrogen-bond donors (Lipinski definition) is 0. The van der Waals surface area contributed by atoms with Crippen LogP contribution in [0.15, 0.2) is 209 Å². The van der Waals surface area contributed by atoms with Crippen LogP contribution in [0.25, 0.3) is 88.1 Å². The molecule has 0 saturated carbocycles. The van der Waals surface area contributed by atoms with Crippen LogP contribution in [0.2, 0.25) is 0 Å². The van der Waals surface area contributed by atoms with Crippen molar-refractivity contribution in [3.8, 4) is 16.8 Å². The molecule has 11 aromatic rings. The maximum Gasteiger partial charge on any atom is 0.143 e. The Morgan fingerprint density at radius 1 is 0.483 bits per heavy atom. The molecule has 1 aliphatic carbocycles. The first kappa shape index (κ1) is 32.7. The number of benzene rings is 8. The zero-order valence-corrected chi connectivity index (χ0v) is 31.5. The van der Waals surface area contributed by atoms with E-state index in [1.807, 2.05) is 18.2 Å². The molecule has 0 radical (unpaired) electrons. The van der Waals surface area contributed by atoms with Crippen LogP contribution < -0.4 is 4.90 Å². The third-order valence-corrected chi connectivity index (χ3v) is 11.9. The fourth-order valence-electron chi connectivity index (χ4n) is 9.29. The third-order valence-electron chi connectivity index (χ3n) is 11.9. The molecule has 4 heteroatoms. The van der Waals surface area contributed by atoms with Crippen molar-refractivity contribution >= 4 is 82.6 Å². The van der Waals surface area contributed by atoms with Crippen LogP contribution in [-0.2, 0) is 0 Å². The van der Waals surface area contributed by atoms with Gasteiger partial charge in [-0.05, 0) is 83.8 Å². The van der Waals surface area contributed by atoms with E-state index < -0.39 is 0 Å². The lowest BCUT2D eigenvalue weighted by Gasteiger charge is -2.33. The highest BCUT2D eigenvalue weighted by Gasteiger charge is 2.24. The number of fused-ring (bicyclic) bond motifs is 9. The van der Waals surface area contributed by atoms with E-state index >= 15 is 0 Å². The Hall–Kier alpha value is -7.56. The Morgan fingerprint density at radius 3 is 1.97 bits per heavy atom. The molecule has 0 bridgehead atoms. The van der Waals surface area contributed by atoms with Crippen molar-refractivity contribution < 1.29 is 8.83 Å². The van der Waals surface area contributed by atoms with E-state index in [0.29, 0.717) is 0 Å². The number of furan rings is 2. The minimum absolute atomic E-state index is 0.0701. The summed E-state index contributed by atoms with van der Waals surface area (Å²) in [5, 5.41) is 7.06. The van der Waals surface area contributed by atoms with Gasteiger partial charge in [0, 0.05) is 54.9 Å². The monoisotopic (exact) mass is 744 g/mol. The first-order chi connectivity index (χ1) is 28.8. The fourth-order valence-corrected chi connectivity index (χ4v) is 9.29. The molecule has 12 rings (SSSR count). The minimum atomic E-state index is 0.0701. The van der Waals surface area contributed by atoms with Crippen LogP contribution in [0.4, 0.5) is 11.4 Å². The van der Waals surface area contributed by atoms with Crippen molar-refractivity contribution in [3.05, 3.63) is 206 Å². The summed E-state index contributed by atoms with van der Waals surface area (Å²) >= 11 is 0. The Balaban J connectivity index is 0.991. The maximum atomic E-state index is 6.45. The van der Waals surface area contributed by atoms with E-state index in [0.717, 1.165) is 73.1 Å². The van der Waals surface area contributed by atoms with Crippen LogP contribution in [0.5, 0.6) is 0 Å². The van der Waals surface area contributed by atoms with E-state index in [4.69, 9.17) is 8.83 Å². The van der Waals surface area contributed by atoms with Gasteiger partial charge in [-0.2, -0.15) is 0 Å². The van der Waals surface area contributed by atoms with Gasteiger partial charge in [-0.25, -0.2) is 0 Å². The predicted octanol–water partition coefficient (Wildman–Crippen LogP) is 14.8. The van der Waals surface area contributed by atoms with E-state index in [1.54, 1.807) is 0 Å². The van der Waals surface area contributed by atoms with Crippen molar-refractivity contribution in [2.45, 2.75) is 12.5 Å². The molecule has 0 aliphatic heterocycles. The number of rotatable bonds is 6. The van der Waals surface area contributed by atoms with Gasteiger partial charge in [0.1, 0.15) is 22.3 Å². The summed E-state index contributed by atoms with van der Waals surface area (Å²) in [6.45, 7) is 0. The zero-order valence-electron chi connectivity index (χ0n) is 31.5. The van der Waals surface area contributed by atoms with Crippen molar-refractivity contribution in [1.82, 2.24) is 4.57 Å². The van der Waals surface area contributed by atoms with Gasteiger partial charge in [-0.3, -0.25) is 0 Å². The molecular formula is C54H36N2O2. The van der Waals surface area contributed by atoms with E-state index in [9.17, 15) is 0 Å². The van der Waals surface area contributed by atoms with Gasteiger partial charge in [-0.1, -0.05) is 140 Å². The Kier molecular flexibility index (Phi) is 7.32. The number of aromatic nitrogens is 1. The van der Waals surface area contributed by atoms with Crippen molar-refractivity contribution in [2.75, 3.05) is 4.90 Å². The molecule has 274 valence electrons. The highest BCUT2D eigenvalue weighted by Crippen LogP contribution is 2.42. The average molecular weight is 745 g/mol. The Labute approximate surface area is 334 Å². The summed E-state index contributed by atoms with van der Waals surface area (Å²) < 4.78 is 15.1. The topological polar surface area (TPSA) is 34.5 Å². The minimum Gasteiger partial charge on any atom is -0.456 e. The maximum absolute atomic E-state index is 6.45. The van der Waals surface area contributed by atoms with Crippen LogP contribution >= 0.6 is 0 Å². The molecule has 0 N–H and O–H groups in total. The fraction of sp³-hybridized carbons (Fsp3) is 0.0370. The van der Waals surface area contributed by atoms with Gasteiger partial charge >= 0.3 is 0 Å². The van der Waals surface area contributed by atoms with Crippen LogP contribution in [0.1, 0.15) is 12.0 Å². The van der Waals surface area contributed by atoms with Gasteiger partial charge in [0.15, 0.2) is 0 Å². The van der Waals surface area contributed by atoms with Gasteiger partial charge < -0.3 is 18.3 Å². The molecule has 1 aliphatic rings. The number of allylic oxidation sites excluding steroid dienone is 2. The van der Waals surface area contributed by atoms with Crippen LogP contribution in [-0.4, -0.2) is 10.6 Å². The van der Waals surface area contributed by atoms with E-state index in [1.165, 1.54) is 38.3 Å². The van der Waals surface area contributed by atoms with Gasteiger partial charge in [0.2, 0.25) is 0 Å². The SMILES string of the molecule is C1=CC(N(c2ccc(-c3cccc4c3oc3ccccc34)cc2)c2ccc3c4ccccc4n(-c4ccccc4)c3c2)CC=C1c1cccc2oc3ccccc3c12. The standard InChI is InChI=1S/C54H36N2O2/c1-2-12-37(13-3-1)56-48-20-7-4-14-43(48)44-33-32-40(34-49(44)56)55(38-28-24-35(25-29-38)41-17-11-23-52-53(41)47-16-6-9-22-51(47)57-52)39-30-26-36(27-31-39)42-18-10-19-46-45-15-5-8-21-50(45)58-54(42)46/h1-28,30-34,38H,29H2. The van der Waals surface area contributed by atoms with Gasteiger partial charge in [-0.15, -0.1) is 0 Å². The molecule has 58 heavy (non-hydrogen) atoms. The average Bonchev–Trinajstić information content (AvgIpc) is 3.97. The summed E-state index contributed by atoms with van der Waals surface area (Å²) in [5.41, 5.74) is 14.0. The second kappa shape index (κ2) is 13.0. The van der Waals surface area contributed by atoms with Crippen LogP contribution in [0.3, 0.4) is 0 Å². The molecule has 0 saturated heterocycles. The lowest BCUT2D eigenvalue weighted by Crippen LogP contribution is -2.30. The Bertz CT molecular complexity index is 3430. The Morgan fingerprint density at radius 2 is 1.14 bits per heavy atom. The lowest BCUT2D eigenvalue weighted by atomic mass is 9.92. The van der Waals surface area contributed by atoms with Crippen LogP contribution in [0, 0.1) is 0 Å². The highest BCUT2D eigenvalue weighted by atomic mass is 16.3. The first-order valence-electron chi connectivity index (χ1n) is 19.9. The quantitative estimate of drug-likeness (QED) is 0.170. The molecule has 8 aromatic carbocycles. The number of anilines is 2. The molecule has 0 spiro atoms. The smallest absolute Gasteiger partial charge is 0.143 e. The summed E-state index contributed by atoms with van der Waals surface area (Å²) in [5.74, 6) is 0. The number of hydrogen-bond acceptors (Lipinski definition) is 3. The molecule has 0 fully saturated rings. The summed E-state index contributed by atoms with van der Waals surface area (Å²) in [4.78, 5) is 2.50. The lowest BCUT2D eigenvalue weighted by molar-refractivity contribution is 0.669. The molecule has 1 unspecified atom stereocenters. The summed E-state index contributed by atoms with van der Waals surface area (Å²) in [7, 11) is 0. The predicted molar refractivity (Wildman–Crippen MR) is 241 cm³/mol. The normalized spacial score (nSPS) is 14.3. The summed E-state index contributed by atoms with van der Waals surface area (Å²) in [6, 6.07) is 64.9. The van der Waals surface area contributed by atoms with E-state index in [2.05, 4.69) is 191 Å². The second-order valence-electron chi connectivity index (χ2n) is 15.2. The van der Waals surface area contributed by atoms with Crippen molar-refractivity contribution in [1.29, 1.82) is 0 Å². The molecule has 0 amide bonds. The molecular weight excluding hydrogens is 709 g/mol. The van der Waals surface area contributed by atoms with Crippen molar-refractivity contribution in [3.63, 3.8) is 0 Å². The molecule has 3 aromatic heterocycles. The second-order valence-corrected chi connectivity index (χ2v) is 15.2. The third kappa shape index (κ3) is 5.08. The van der Waals surface area contributed by atoms with Crippen molar-refractivity contribution in [2.24, 2.45) is 0 Å². The molecule has 3 heterocycles.